The van der Waals surface area contributed by atoms with Crippen LogP contribution in [0.5, 0.6) is 0 Å². The largest absolute Gasteiger partial charge is 0.477 e. The van der Waals surface area contributed by atoms with Gasteiger partial charge in [0.1, 0.15) is 5.69 Å². The summed E-state index contributed by atoms with van der Waals surface area (Å²) in [6, 6.07) is 3.53. The van der Waals surface area contributed by atoms with Crippen LogP contribution in [0.15, 0.2) is 24.5 Å². The van der Waals surface area contributed by atoms with E-state index in [1.54, 1.807) is 18.5 Å². The lowest BCUT2D eigenvalue weighted by atomic mass is 10.1. The molecule has 0 aromatic carbocycles. The number of H-pyrrole nitrogens is 1. The zero-order valence-electron chi connectivity index (χ0n) is 15.4. The summed E-state index contributed by atoms with van der Waals surface area (Å²) in [6.07, 6.45) is 4.40. The summed E-state index contributed by atoms with van der Waals surface area (Å²) >= 11 is 0. The number of rotatable bonds is 6. The maximum atomic E-state index is 11.4. The van der Waals surface area contributed by atoms with Gasteiger partial charge in [-0.1, -0.05) is 0 Å². The number of piperazine rings is 1. The van der Waals surface area contributed by atoms with E-state index in [4.69, 9.17) is 0 Å². The fourth-order valence-corrected chi connectivity index (χ4v) is 3.56. The Bertz CT molecular complexity index is 961. The third kappa shape index (κ3) is 3.72. The Labute approximate surface area is 157 Å². The minimum Gasteiger partial charge on any atom is -0.477 e. The van der Waals surface area contributed by atoms with E-state index in [0.29, 0.717) is 5.82 Å². The molecule has 0 aliphatic carbocycles. The van der Waals surface area contributed by atoms with Gasteiger partial charge in [0.25, 0.3) is 0 Å². The molecule has 1 fully saturated rings. The monoisotopic (exact) mass is 368 g/mol. The van der Waals surface area contributed by atoms with Gasteiger partial charge in [-0.3, -0.25) is 4.98 Å². The normalized spacial score (nSPS) is 16.2. The molecule has 0 radical (unpaired) electrons. The van der Waals surface area contributed by atoms with Crippen molar-refractivity contribution in [3.05, 3.63) is 30.2 Å². The number of aromatic carboxylic acids is 1. The smallest absolute Gasteiger partial charge is 0.352 e. The summed E-state index contributed by atoms with van der Waals surface area (Å²) in [4.78, 5) is 28.0. The third-order valence-corrected chi connectivity index (χ3v) is 5.15. The van der Waals surface area contributed by atoms with Crippen LogP contribution in [-0.4, -0.2) is 82.1 Å². The molecule has 27 heavy (non-hydrogen) atoms. The summed E-state index contributed by atoms with van der Waals surface area (Å²) in [5.74, 6) is -0.300. The first-order valence-electron chi connectivity index (χ1n) is 9.26. The number of nitrogens with zero attached hydrogens (tertiary/aromatic N) is 4. The number of carbonyl (C=O) groups is 1. The van der Waals surface area contributed by atoms with Crippen LogP contribution < -0.4 is 5.32 Å². The minimum absolute atomic E-state index is 0.164. The number of anilines is 1. The predicted molar refractivity (Wildman–Crippen MR) is 105 cm³/mol. The summed E-state index contributed by atoms with van der Waals surface area (Å²) < 4.78 is 0. The van der Waals surface area contributed by atoms with Crippen molar-refractivity contribution in [1.82, 2.24) is 24.8 Å². The lowest BCUT2D eigenvalue weighted by Gasteiger charge is -2.32. The second-order valence-electron chi connectivity index (χ2n) is 7.06. The Kier molecular flexibility index (Phi) is 4.91. The van der Waals surface area contributed by atoms with Crippen LogP contribution in [0.25, 0.3) is 21.8 Å². The number of carboxylic acids is 1. The van der Waals surface area contributed by atoms with Crippen LogP contribution in [0.3, 0.4) is 0 Å². The third-order valence-electron chi connectivity index (χ3n) is 5.15. The van der Waals surface area contributed by atoms with Crippen LogP contribution in [0.1, 0.15) is 16.9 Å². The quantitative estimate of drug-likeness (QED) is 0.571. The summed E-state index contributed by atoms with van der Waals surface area (Å²) in [6.45, 7) is 6.28. The number of likely N-dealkylation sites (N-methyl/N-ethyl adjacent to an activating group) is 1. The number of carboxylic acid groups (broad SMARTS) is 1. The van der Waals surface area contributed by atoms with Crippen molar-refractivity contribution in [1.29, 1.82) is 0 Å². The molecule has 0 amide bonds. The number of hydrogen-bond acceptors (Lipinski definition) is 6. The Balaban J connectivity index is 1.51. The van der Waals surface area contributed by atoms with Crippen molar-refractivity contribution in [3.63, 3.8) is 0 Å². The molecule has 4 rings (SSSR count). The molecule has 0 unspecified atom stereocenters. The Morgan fingerprint density at radius 1 is 1.30 bits per heavy atom. The number of aromatic nitrogens is 3. The van der Waals surface area contributed by atoms with Gasteiger partial charge < -0.3 is 25.2 Å². The van der Waals surface area contributed by atoms with Crippen molar-refractivity contribution >= 4 is 33.6 Å². The number of nitrogens with one attached hydrogen (secondary N) is 2. The SMILES string of the molecule is CN1CCN(CCCNc2nc3cnccc3c3cc(C(=O)O)[nH]c23)CC1. The predicted octanol–water partition coefficient (Wildman–Crippen LogP) is 1.86. The molecule has 4 heterocycles. The van der Waals surface area contributed by atoms with Gasteiger partial charge in [0.05, 0.1) is 17.2 Å². The van der Waals surface area contributed by atoms with Gasteiger partial charge in [-0.25, -0.2) is 9.78 Å². The maximum Gasteiger partial charge on any atom is 0.352 e. The minimum atomic E-state index is -0.977. The van der Waals surface area contributed by atoms with Gasteiger partial charge in [0.15, 0.2) is 5.82 Å². The van der Waals surface area contributed by atoms with Crippen molar-refractivity contribution in [2.24, 2.45) is 0 Å². The maximum absolute atomic E-state index is 11.4. The first kappa shape index (κ1) is 17.7. The lowest BCUT2D eigenvalue weighted by molar-refractivity contribution is 0.0691. The van der Waals surface area contributed by atoms with Crippen molar-refractivity contribution in [2.45, 2.75) is 6.42 Å². The fraction of sp³-hybridized carbons (Fsp3) is 0.421. The molecular weight excluding hydrogens is 344 g/mol. The van der Waals surface area contributed by atoms with Crippen LogP contribution in [-0.2, 0) is 0 Å². The first-order chi connectivity index (χ1) is 13.1. The van der Waals surface area contributed by atoms with Crippen LogP contribution >= 0.6 is 0 Å². The molecule has 1 aliphatic rings. The first-order valence-corrected chi connectivity index (χ1v) is 9.26. The van der Waals surface area contributed by atoms with Gasteiger partial charge >= 0.3 is 5.97 Å². The Hall–Kier alpha value is -2.71. The van der Waals surface area contributed by atoms with E-state index >= 15 is 0 Å². The van der Waals surface area contributed by atoms with Crippen LogP contribution in [0, 0.1) is 0 Å². The van der Waals surface area contributed by atoms with E-state index in [1.807, 2.05) is 6.07 Å². The highest BCUT2D eigenvalue weighted by molar-refractivity contribution is 6.11. The second-order valence-corrected chi connectivity index (χ2v) is 7.06. The van der Waals surface area contributed by atoms with Gasteiger partial charge in [0, 0.05) is 49.7 Å². The summed E-state index contributed by atoms with van der Waals surface area (Å²) in [5, 5.41) is 14.5. The van der Waals surface area contributed by atoms with Crippen LogP contribution in [0.4, 0.5) is 5.82 Å². The molecule has 3 aromatic rings. The highest BCUT2D eigenvalue weighted by Crippen LogP contribution is 2.29. The van der Waals surface area contributed by atoms with E-state index < -0.39 is 5.97 Å². The molecule has 0 atom stereocenters. The molecule has 0 saturated carbocycles. The van der Waals surface area contributed by atoms with E-state index in [1.165, 1.54) is 0 Å². The molecule has 0 spiro atoms. The summed E-state index contributed by atoms with van der Waals surface area (Å²) in [5.41, 5.74) is 1.64. The van der Waals surface area contributed by atoms with Crippen molar-refractivity contribution in [3.8, 4) is 0 Å². The standard InChI is InChI=1S/C19H24N6O2/c1-24-7-9-25(10-8-24)6-2-4-21-18-17-14(11-15(22-17)19(26)27)13-3-5-20-12-16(13)23-18/h3,5,11-12,22H,2,4,6-10H2,1H3,(H,21,23)(H,26,27). The molecule has 8 nitrogen and oxygen atoms in total. The topological polar surface area (TPSA) is 97.4 Å². The Morgan fingerprint density at radius 2 is 2.11 bits per heavy atom. The van der Waals surface area contributed by atoms with Crippen molar-refractivity contribution < 1.29 is 9.90 Å². The highest BCUT2D eigenvalue weighted by atomic mass is 16.4. The van der Waals surface area contributed by atoms with Crippen LogP contribution in [0.2, 0.25) is 0 Å². The molecule has 1 aliphatic heterocycles. The molecule has 1 saturated heterocycles. The fourth-order valence-electron chi connectivity index (χ4n) is 3.56. The average molecular weight is 368 g/mol. The average Bonchev–Trinajstić information content (AvgIpc) is 3.13. The van der Waals surface area contributed by atoms with E-state index in [2.05, 4.69) is 37.1 Å². The summed E-state index contributed by atoms with van der Waals surface area (Å²) in [7, 11) is 2.16. The van der Waals surface area contributed by atoms with Gasteiger partial charge in [-0.05, 0) is 32.1 Å². The highest BCUT2D eigenvalue weighted by Gasteiger charge is 2.16. The lowest BCUT2D eigenvalue weighted by Crippen LogP contribution is -2.44. The molecule has 3 aromatic heterocycles. The zero-order chi connectivity index (χ0) is 18.8. The number of hydrogen-bond donors (Lipinski definition) is 3. The number of pyridine rings is 2. The zero-order valence-corrected chi connectivity index (χ0v) is 15.4. The van der Waals surface area contributed by atoms with Gasteiger partial charge in [-0.15, -0.1) is 0 Å². The molecule has 8 heteroatoms. The van der Waals surface area contributed by atoms with Crippen molar-refractivity contribution in [2.75, 3.05) is 51.6 Å². The molecular formula is C19H24N6O2. The number of fused-ring (bicyclic) bond motifs is 3. The van der Waals surface area contributed by atoms with Gasteiger partial charge in [-0.2, -0.15) is 0 Å². The van der Waals surface area contributed by atoms with Gasteiger partial charge in [0.2, 0.25) is 0 Å². The van der Waals surface area contributed by atoms with E-state index in [9.17, 15) is 9.90 Å². The number of aromatic amines is 1. The molecule has 142 valence electrons. The molecule has 0 bridgehead atoms. The molecule has 3 N–H and O–H groups in total. The van der Waals surface area contributed by atoms with E-state index in [0.717, 1.165) is 67.5 Å². The second kappa shape index (κ2) is 7.50. The Morgan fingerprint density at radius 3 is 2.89 bits per heavy atom. The van der Waals surface area contributed by atoms with E-state index in [-0.39, 0.29) is 5.69 Å².